The van der Waals surface area contributed by atoms with Crippen molar-refractivity contribution in [3.05, 3.63) is 0 Å². The Bertz CT molecular complexity index is 261. The summed E-state index contributed by atoms with van der Waals surface area (Å²) in [5.41, 5.74) is 6.55. The molecule has 1 aliphatic carbocycles. The second-order valence-electron chi connectivity index (χ2n) is 7.19. The van der Waals surface area contributed by atoms with E-state index in [0.717, 1.165) is 12.5 Å². The quantitative estimate of drug-likeness (QED) is 0.800. The van der Waals surface area contributed by atoms with Crippen LogP contribution < -0.4 is 5.73 Å². The van der Waals surface area contributed by atoms with E-state index in [4.69, 9.17) is 5.73 Å². The predicted molar refractivity (Wildman–Crippen MR) is 82.3 cm³/mol. The molecule has 1 heterocycles. The van der Waals surface area contributed by atoms with Gasteiger partial charge in [0.05, 0.1) is 0 Å². The number of nitrogens with zero attached hydrogens (tertiary/aromatic N) is 2. The summed E-state index contributed by atoms with van der Waals surface area (Å²) in [4.78, 5) is 5.01. The van der Waals surface area contributed by atoms with E-state index in [1.165, 1.54) is 71.1 Å². The topological polar surface area (TPSA) is 32.5 Å². The SMILES string of the molecule is CN1CCC(CN(C)CCC2(CN)CCCCC2)C1. The molecule has 0 bridgehead atoms. The van der Waals surface area contributed by atoms with Gasteiger partial charge in [0.1, 0.15) is 0 Å². The fourth-order valence-corrected chi connectivity index (χ4v) is 3.99. The van der Waals surface area contributed by atoms with Crippen LogP contribution in [-0.4, -0.2) is 56.6 Å². The van der Waals surface area contributed by atoms with Gasteiger partial charge in [-0.15, -0.1) is 0 Å². The molecular weight excluding hydrogens is 234 g/mol. The molecule has 1 saturated heterocycles. The first-order chi connectivity index (χ1) is 9.13. The first-order valence-corrected chi connectivity index (χ1v) is 8.21. The number of hydrogen-bond donors (Lipinski definition) is 1. The van der Waals surface area contributed by atoms with Crippen LogP contribution in [0.25, 0.3) is 0 Å². The lowest BCUT2D eigenvalue weighted by Crippen LogP contribution is -2.37. The molecule has 2 aliphatic rings. The average Bonchev–Trinajstić information content (AvgIpc) is 2.83. The van der Waals surface area contributed by atoms with Gasteiger partial charge in [-0.3, -0.25) is 0 Å². The molecule has 1 unspecified atom stereocenters. The zero-order valence-corrected chi connectivity index (χ0v) is 13.0. The minimum Gasteiger partial charge on any atom is -0.330 e. The van der Waals surface area contributed by atoms with Gasteiger partial charge in [0.2, 0.25) is 0 Å². The highest BCUT2D eigenvalue weighted by atomic mass is 15.1. The fourth-order valence-electron chi connectivity index (χ4n) is 3.99. The Labute approximate surface area is 119 Å². The molecule has 1 saturated carbocycles. The Morgan fingerprint density at radius 2 is 2.00 bits per heavy atom. The van der Waals surface area contributed by atoms with E-state index < -0.39 is 0 Å². The highest BCUT2D eigenvalue weighted by Crippen LogP contribution is 2.38. The zero-order chi connectivity index (χ0) is 13.7. The third-order valence-corrected chi connectivity index (χ3v) is 5.43. The summed E-state index contributed by atoms with van der Waals surface area (Å²) in [6.07, 6.45) is 9.63. The molecule has 112 valence electrons. The van der Waals surface area contributed by atoms with Crippen molar-refractivity contribution < 1.29 is 0 Å². The van der Waals surface area contributed by atoms with E-state index in [9.17, 15) is 0 Å². The molecule has 0 aromatic heterocycles. The molecule has 19 heavy (non-hydrogen) atoms. The summed E-state index contributed by atoms with van der Waals surface area (Å²) in [6, 6.07) is 0. The molecular formula is C16H33N3. The molecule has 0 aromatic carbocycles. The summed E-state index contributed by atoms with van der Waals surface area (Å²) < 4.78 is 0. The number of nitrogens with two attached hydrogens (primary N) is 1. The van der Waals surface area contributed by atoms with Gasteiger partial charge in [-0.25, -0.2) is 0 Å². The van der Waals surface area contributed by atoms with Crippen molar-refractivity contribution in [1.82, 2.24) is 9.80 Å². The van der Waals surface area contributed by atoms with Crippen molar-refractivity contribution in [3.8, 4) is 0 Å². The second-order valence-corrected chi connectivity index (χ2v) is 7.19. The van der Waals surface area contributed by atoms with Gasteiger partial charge in [-0.2, -0.15) is 0 Å². The summed E-state index contributed by atoms with van der Waals surface area (Å²) in [5.74, 6) is 0.884. The molecule has 3 nitrogen and oxygen atoms in total. The van der Waals surface area contributed by atoms with E-state index in [2.05, 4.69) is 23.9 Å². The summed E-state index contributed by atoms with van der Waals surface area (Å²) in [7, 11) is 4.54. The van der Waals surface area contributed by atoms with Crippen molar-refractivity contribution >= 4 is 0 Å². The summed E-state index contributed by atoms with van der Waals surface area (Å²) in [5, 5.41) is 0. The fraction of sp³-hybridized carbons (Fsp3) is 1.00. The third kappa shape index (κ3) is 4.44. The van der Waals surface area contributed by atoms with Crippen molar-refractivity contribution in [2.45, 2.75) is 44.9 Å². The maximum atomic E-state index is 6.08. The zero-order valence-electron chi connectivity index (χ0n) is 13.0. The second kappa shape index (κ2) is 7.05. The van der Waals surface area contributed by atoms with Crippen molar-refractivity contribution in [1.29, 1.82) is 0 Å². The number of likely N-dealkylation sites (tertiary alicyclic amines) is 1. The Morgan fingerprint density at radius 3 is 2.58 bits per heavy atom. The Kier molecular flexibility index (Phi) is 5.67. The average molecular weight is 267 g/mol. The molecule has 0 radical (unpaired) electrons. The van der Waals surface area contributed by atoms with E-state index in [1.54, 1.807) is 0 Å². The van der Waals surface area contributed by atoms with Crippen LogP contribution in [0, 0.1) is 11.3 Å². The molecule has 1 atom stereocenters. The van der Waals surface area contributed by atoms with E-state index in [-0.39, 0.29) is 0 Å². The lowest BCUT2D eigenvalue weighted by Gasteiger charge is -2.37. The molecule has 0 spiro atoms. The highest BCUT2D eigenvalue weighted by molar-refractivity contribution is 4.85. The van der Waals surface area contributed by atoms with Crippen LogP contribution >= 0.6 is 0 Å². The van der Waals surface area contributed by atoms with Crippen molar-refractivity contribution in [3.63, 3.8) is 0 Å². The normalized spacial score (nSPS) is 28.1. The molecule has 1 aliphatic heterocycles. The van der Waals surface area contributed by atoms with Crippen LogP contribution in [0.15, 0.2) is 0 Å². The summed E-state index contributed by atoms with van der Waals surface area (Å²) >= 11 is 0. The van der Waals surface area contributed by atoms with Crippen LogP contribution in [0.2, 0.25) is 0 Å². The molecule has 3 heteroatoms. The smallest absolute Gasteiger partial charge is 0.00193 e. The molecule has 0 amide bonds. The Hall–Kier alpha value is -0.120. The maximum Gasteiger partial charge on any atom is 0.00193 e. The maximum absolute atomic E-state index is 6.08. The monoisotopic (exact) mass is 267 g/mol. The molecule has 2 N–H and O–H groups in total. The number of rotatable bonds is 6. The Morgan fingerprint density at radius 1 is 1.26 bits per heavy atom. The first-order valence-electron chi connectivity index (χ1n) is 8.21. The molecule has 0 aromatic rings. The molecule has 2 fully saturated rings. The lowest BCUT2D eigenvalue weighted by molar-refractivity contribution is 0.150. The Balaban J connectivity index is 1.71. The largest absolute Gasteiger partial charge is 0.330 e. The predicted octanol–water partition coefficient (Wildman–Crippen LogP) is 2.17. The van der Waals surface area contributed by atoms with E-state index in [0.29, 0.717) is 5.41 Å². The van der Waals surface area contributed by atoms with Crippen LogP contribution in [0.3, 0.4) is 0 Å². The van der Waals surface area contributed by atoms with E-state index >= 15 is 0 Å². The standard InChI is InChI=1S/C16H33N3/c1-18-10-6-15(12-18)13-19(2)11-9-16(14-17)7-4-3-5-8-16/h15H,3-14,17H2,1-2H3. The highest BCUT2D eigenvalue weighted by Gasteiger charge is 2.30. The van der Waals surface area contributed by atoms with Gasteiger partial charge < -0.3 is 15.5 Å². The van der Waals surface area contributed by atoms with Gasteiger partial charge >= 0.3 is 0 Å². The van der Waals surface area contributed by atoms with Crippen LogP contribution in [0.5, 0.6) is 0 Å². The minimum atomic E-state index is 0.471. The van der Waals surface area contributed by atoms with Crippen molar-refractivity contribution in [2.75, 3.05) is 46.8 Å². The first kappa shape index (κ1) is 15.3. The minimum absolute atomic E-state index is 0.471. The van der Waals surface area contributed by atoms with Gasteiger partial charge in [0, 0.05) is 13.1 Å². The third-order valence-electron chi connectivity index (χ3n) is 5.43. The van der Waals surface area contributed by atoms with Crippen LogP contribution in [-0.2, 0) is 0 Å². The van der Waals surface area contributed by atoms with Gasteiger partial charge in [-0.1, -0.05) is 19.3 Å². The van der Waals surface area contributed by atoms with Gasteiger partial charge in [-0.05, 0) is 70.7 Å². The summed E-state index contributed by atoms with van der Waals surface area (Å²) in [6.45, 7) is 5.97. The van der Waals surface area contributed by atoms with Crippen LogP contribution in [0.4, 0.5) is 0 Å². The van der Waals surface area contributed by atoms with Crippen molar-refractivity contribution in [2.24, 2.45) is 17.1 Å². The molecule has 2 rings (SSSR count). The lowest BCUT2D eigenvalue weighted by atomic mass is 9.72. The number of hydrogen-bond acceptors (Lipinski definition) is 3. The van der Waals surface area contributed by atoms with Gasteiger partial charge in [0.25, 0.3) is 0 Å². The van der Waals surface area contributed by atoms with E-state index in [1.807, 2.05) is 0 Å². The van der Waals surface area contributed by atoms with Gasteiger partial charge in [0.15, 0.2) is 0 Å². The van der Waals surface area contributed by atoms with Crippen LogP contribution in [0.1, 0.15) is 44.9 Å².